The Balaban J connectivity index is 1.88. The van der Waals surface area contributed by atoms with Crippen molar-refractivity contribution in [1.29, 1.82) is 0 Å². The zero-order chi connectivity index (χ0) is 17.1. The van der Waals surface area contributed by atoms with E-state index in [1.165, 1.54) is 18.2 Å². The molecule has 3 aromatic carbocycles. The molecule has 0 unspecified atom stereocenters. The summed E-state index contributed by atoms with van der Waals surface area (Å²) < 4.78 is 43.1. The zero-order valence-electron chi connectivity index (χ0n) is 13.0. The van der Waals surface area contributed by atoms with E-state index in [0.717, 1.165) is 16.7 Å². The monoisotopic (exact) mass is 328 g/mol. The average molecular weight is 328 g/mol. The second-order valence-corrected chi connectivity index (χ2v) is 5.46. The third kappa shape index (κ3) is 3.59. The number of ether oxygens (including phenoxy) is 1. The SMILES string of the molecule is Cc1ccc(-c2ccc(-c3ccc(OC(F)F)cc3)cc2F)cc1. The number of hydrogen-bond acceptors (Lipinski definition) is 1. The Morgan fingerprint density at radius 2 is 1.33 bits per heavy atom. The Morgan fingerprint density at radius 1 is 0.750 bits per heavy atom. The fraction of sp³-hybridized carbons (Fsp3) is 0.100. The number of halogens is 3. The summed E-state index contributed by atoms with van der Waals surface area (Å²) in [5.41, 5.74) is 3.85. The quantitative estimate of drug-likeness (QED) is 0.565. The molecule has 4 heteroatoms. The zero-order valence-corrected chi connectivity index (χ0v) is 13.0. The highest BCUT2D eigenvalue weighted by molar-refractivity contribution is 5.71. The van der Waals surface area contributed by atoms with Crippen molar-refractivity contribution in [3.05, 3.63) is 78.1 Å². The van der Waals surface area contributed by atoms with E-state index in [4.69, 9.17) is 0 Å². The second kappa shape index (κ2) is 6.79. The van der Waals surface area contributed by atoms with E-state index in [9.17, 15) is 13.2 Å². The topological polar surface area (TPSA) is 9.23 Å². The van der Waals surface area contributed by atoms with Gasteiger partial charge in [-0.15, -0.1) is 0 Å². The van der Waals surface area contributed by atoms with Crippen LogP contribution in [0.4, 0.5) is 13.2 Å². The molecule has 24 heavy (non-hydrogen) atoms. The van der Waals surface area contributed by atoms with E-state index in [0.29, 0.717) is 11.1 Å². The molecule has 0 amide bonds. The Morgan fingerprint density at radius 3 is 1.92 bits per heavy atom. The second-order valence-electron chi connectivity index (χ2n) is 5.46. The Labute approximate surface area is 138 Å². The minimum Gasteiger partial charge on any atom is -0.435 e. The van der Waals surface area contributed by atoms with Crippen molar-refractivity contribution in [1.82, 2.24) is 0 Å². The van der Waals surface area contributed by atoms with Crippen LogP contribution < -0.4 is 4.74 Å². The van der Waals surface area contributed by atoms with E-state index >= 15 is 0 Å². The van der Waals surface area contributed by atoms with Crippen molar-refractivity contribution in [3.63, 3.8) is 0 Å². The van der Waals surface area contributed by atoms with Gasteiger partial charge in [-0.1, -0.05) is 54.1 Å². The first kappa shape index (κ1) is 16.1. The fourth-order valence-electron chi connectivity index (χ4n) is 2.49. The van der Waals surface area contributed by atoms with Crippen LogP contribution in [0.3, 0.4) is 0 Å². The van der Waals surface area contributed by atoms with Gasteiger partial charge in [0.05, 0.1) is 0 Å². The number of rotatable bonds is 4. The molecule has 0 saturated carbocycles. The molecular weight excluding hydrogens is 313 g/mol. The molecule has 0 saturated heterocycles. The van der Waals surface area contributed by atoms with Gasteiger partial charge in [0.2, 0.25) is 0 Å². The third-order valence-electron chi connectivity index (χ3n) is 3.74. The van der Waals surface area contributed by atoms with E-state index in [1.54, 1.807) is 24.3 Å². The van der Waals surface area contributed by atoms with Crippen LogP contribution in [0.25, 0.3) is 22.3 Å². The van der Waals surface area contributed by atoms with Gasteiger partial charge in [0.25, 0.3) is 0 Å². The van der Waals surface area contributed by atoms with Crippen molar-refractivity contribution in [2.45, 2.75) is 13.5 Å². The van der Waals surface area contributed by atoms with Gasteiger partial charge < -0.3 is 4.74 Å². The van der Waals surface area contributed by atoms with Gasteiger partial charge in [-0.3, -0.25) is 0 Å². The maximum Gasteiger partial charge on any atom is 0.387 e. The van der Waals surface area contributed by atoms with Crippen molar-refractivity contribution < 1.29 is 17.9 Å². The van der Waals surface area contributed by atoms with Crippen LogP contribution in [0.15, 0.2) is 66.7 Å². The molecule has 0 radical (unpaired) electrons. The van der Waals surface area contributed by atoms with Gasteiger partial charge >= 0.3 is 6.61 Å². The summed E-state index contributed by atoms with van der Waals surface area (Å²) in [6.45, 7) is -0.882. The van der Waals surface area contributed by atoms with Crippen molar-refractivity contribution in [2.75, 3.05) is 0 Å². The van der Waals surface area contributed by atoms with Gasteiger partial charge in [0.15, 0.2) is 0 Å². The molecule has 122 valence electrons. The first-order valence-electron chi connectivity index (χ1n) is 7.45. The predicted octanol–water partition coefficient (Wildman–Crippen LogP) is 6.07. The fourth-order valence-corrected chi connectivity index (χ4v) is 2.49. The molecule has 0 aliphatic carbocycles. The lowest BCUT2D eigenvalue weighted by molar-refractivity contribution is -0.0498. The Kier molecular flexibility index (Phi) is 4.56. The Bertz CT molecular complexity index is 825. The lowest BCUT2D eigenvalue weighted by Crippen LogP contribution is -2.01. The van der Waals surface area contributed by atoms with Crippen LogP contribution in [0.2, 0.25) is 0 Å². The molecule has 1 nitrogen and oxygen atoms in total. The number of aryl methyl sites for hydroxylation is 1. The highest BCUT2D eigenvalue weighted by Crippen LogP contribution is 2.29. The lowest BCUT2D eigenvalue weighted by atomic mass is 9.99. The van der Waals surface area contributed by atoms with Crippen LogP contribution in [0.1, 0.15) is 5.56 Å². The molecule has 0 spiro atoms. The molecule has 0 atom stereocenters. The molecule has 0 aliphatic heterocycles. The molecule has 0 aromatic heterocycles. The van der Waals surface area contributed by atoms with E-state index in [2.05, 4.69) is 4.74 Å². The van der Waals surface area contributed by atoms with Gasteiger partial charge in [-0.2, -0.15) is 8.78 Å². The lowest BCUT2D eigenvalue weighted by Gasteiger charge is -2.09. The van der Waals surface area contributed by atoms with Gasteiger partial charge in [-0.05, 0) is 41.8 Å². The maximum atomic E-state index is 14.4. The molecule has 0 aliphatic rings. The molecule has 0 heterocycles. The Hall–Kier alpha value is -2.75. The summed E-state index contributed by atoms with van der Waals surface area (Å²) >= 11 is 0. The number of alkyl halides is 2. The van der Waals surface area contributed by atoms with E-state index in [1.807, 2.05) is 31.2 Å². The van der Waals surface area contributed by atoms with E-state index in [-0.39, 0.29) is 11.6 Å². The minimum atomic E-state index is -2.86. The minimum absolute atomic E-state index is 0.0745. The number of benzene rings is 3. The maximum absolute atomic E-state index is 14.4. The predicted molar refractivity (Wildman–Crippen MR) is 88.6 cm³/mol. The van der Waals surface area contributed by atoms with Crippen LogP contribution in [0.5, 0.6) is 5.75 Å². The van der Waals surface area contributed by atoms with E-state index < -0.39 is 6.61 Å². The standard InChI is InChI=1S/C20H15F3O/c1-13-2-4-15(5-3-13)18-11-8-16(12-19(18)21)14-6-9-17(10-7-14)24-20(22)23/h2-12,20H,1H3. The highest BCUT2D eigenvalue weighted by atomic mass is 19.3. The summed E-state index contributed by atoms with van der Waals surface area (Å²) in [7, 11) is 0. The van der Waals surface area contributed by atoms with Crippen molar-refractivity contribution in [3.8, 4) is 28.0 Å². The summed E-state index contributed by atoms with van der Waals surface area (Å²) in [4.78, 5) is 0. The van der Waals surface area contributed by atoms with Crippen molar-refractivity contribution >= 4 is 0 Å². The molecule has 0 bridgehead atoms. The van der Waals surface area contributed by atoms with Gasteiger partial charge in [-0.25, -0.2) is 4.39 Å². The van der Waals surface area contributed by atoms with Gasteiger partial charge in [0, 0.05) is 5.56 Å². The number of hydrogen-bond donors (Lipinski definition) is 0. The first-order valence-corrected chi connectivity index (χ1v) is 7.45. The van der Waals surface area contributed by atoms with Crippen LogP contribution in [-0.4, -0.2) is 6.61 Å². The first-order chi connectivity index (χ1) is 11.5. The normalized spacial score (nSPS) is 10.9. The van der Waals surface area contributed by atoms with Crippen LogP contribution in [-0.2, 0) is 0 Å². The molecular formula is C20H15F3O. The van der Waals surface area contributed by atoms with Gasteiger partial charge in [0.1, 0.15) is 11.6 Å². The summed E-state index contributed by atoms with van der Waals surface area (Å²) in [5, 5.41) is 0. The highest BCUT2D eigenvalue weighted by Gasteiger charge is 2.08. The van der Waals surface area contributed by atoms with Crippen molar-refractivity contribution in [2.24, 2.45) is 0 Å². The average Bonchev–Trinajstić information content (AvgIpc) is 2.56. The summed E-state index contributed by atoms with van der Waals surface area (Å²) in [6.07, 6.45) is 0. The summed E-state index contributed by atoms with van der Waals surface area (Å²) in [6, 6.07) is 18.7. The molecule has 3 aromatic rings. The third-order valence-corrected chi connectivity index (χ3v) is 3.74. The smallest absolute Gasteiger partial charge is 0.387 e. The largest absolute Gasteiger partial charge is 0.435 e. The molecule has 0 fully saturated rings. The molecule has 0 N–H and O–H groups in total. The van der Waals surface area contributed by atoms with Crippen LogP contribution >= 0.6 is 0 Å². The van der Waals surface area contributed by atoms with Crippen LogP contribution in [0, 0.1) is 12.7 Å². The summed E-state index contributed by atoms with van der Waals surface area (Å²) in [5.74, 6) is -0.255. The molecule has 3 rings (SSSR count).